The number of hydrogen-bond acceptors (Lipinski definition) is 4. The Balaban J connectivity index is 1.40. The van der Waals surface area contributed by atoms with Gasteiger partial charge in [0, 0.05) is 18.8 Å². The van der Waals surface area contributed by atoms with Crippen LogP contribution in [0.5, 0.6) is 0 Å². The normalized spacial score (nSPS) is 24.7. The first-order valence-electron chi connectivity index (χ1n) is 8.82. The zero-order valence-electron chi connectivity index (χ0n) is 13.8. The van der Waals surface area contributed by atoms with Crippen molar-refractivity contribution in [3.8, 4) is 0 Å². The van der Waals surface area contributed by atoms with Crippen molar-refractivity contribution < 1.29 is 0 Å². The van der Waals surface area contributed by atoms with Crippen LogP contribution >= 0.6 is 0 Å². The van der Waals surface area contributed by atoms with E-state index >= 15 is 0 Å². The third-order valence-corrected chi connectivity index (χ3v) is 5.51. The Morgan fingerprint density at radius 1 is 1.08 bits per heavy atom. The van der Waals surface area contributed by atoms with Crippen molar-refractivity contribution in [1.29, 1.82) is 0 Å². The zero-order valence-corrected chi connectivity index (χ0v) is 13.8. The minimum absolute atomic E-state index is 0.000310. The quantitative estimate of drug-likeness (QED) is 0.739. The maximum Gasteiger partial charge on any atom is 0.346 e. The fraction of sp³-hybridized carbons (Fsp3) is 0.368. The molecule has 1 aliphatic heterocycles. The predicted octanol–water partition coefficient (Wildman–Crippen LogP) is 2.49. The van der Waals surface area contributed by atoms with Crippen LogP contribution in [0.4, 0.5) is 0 Å². The smallest absolute Gasteiger partial charge is 0.270 e. The van der Waals surface area contributed by atoms with E-state index in [0.29, 0.717) is 5.92 Å². The van der Waals surface area contributed by atoms with Crippen molar-refractivity contribution >= 4 is 0 Å². The second-order valence-corrected chi connectivity index (χ2v) is 6.93. The van der Waals surface area contributed by atoms with Gasteiger partial charge in [0.2, 0.25) is 0 Å². The molecule has 3 aromatic rings. The van der Waals surface area contributed by atoms with Crippen LogP contribution in [-0.4, -0.2) is 24.3 Å². The molecule has 6 nitrogen and oxygen atoms in total. The minimum Gasteiger partial charge on any atom is -0.270 e. The molecular weight excluding hydrogens is 314 g/mol. The van der Waals surface area contributed by atoms with Gasteiger partial charge in [0.05, 0.1) is 24.0 Å². The van der Waals surface area contributed by atoms with Crippen LogP contribution in [0.3, 0.4) is 0 Å². The van der Waals surface area contributed by atoms with E-state index in [1.165, 1.54) is 5.56 Å². The summed E-state index contributed by atoms with van der Waals surface area (Å²) in [4.78, 5) is 21.5. The Bertz CT molecular complexity index is 941. The molecule has 0 spiro atoms. The molecule has 1 fully saturated rings. The largest absolute Gasteiger partial charge is 0.346 e. The van der Waals surface area contributed by atoms with Gasteiger partial charge in [0.1, 0.15) is 5.82 Å². The van der Waals surface area contributed by atoms with Gasteiger partial charge in [-0.1, -0.05) is 30.3 Å². The highest BCUT2D eigenvalue weighted by atomic mass is 16.2. The van der Waals surface area contributed by atoms with Crippen molar-refractivity contribution in [2.45, 2.75) is 43.7 Å². The van der Waals surface area contributed by atoms with Crippen molar-refractivity contribution in [2.24, 2.45) is 0 Å². The Morgan fingerprint density at radius 3 is 2.68 bits per heavy atom. The molecule has 1 atom stereocenters. The number of benzene rings is 1. The van der Waals surface area contributed by atoms with Crippen LogP contribution in [0.2, 0.25) is 0 Å². The Labute approximate surface area is 145 Å². The van der Waals surface area contributed by atoms with Gasteiger partial charge >= 0.3 is 5.69 Å². The molecule has 0 radical (unpaired) electrons. The molecule has 5 rings (SSSR count). The third-order valence-electron chi connectivity index (χ3n) is 5.51. The van der Waals surface area contributed by atoms with E-state index in [1.54, 1.807) is 23.3 Å². The molecule has 1 aromatic carbocycles. The first-order chi connectivity index (χ1) is 12.3. The maximum atomic E-state index is 12.9. The number of rotatable bonds is 3. The van der Waals surface area contributed by atoms with Gasteiger partial charge in [-0.15, -0.1) is 0 Å². The molecule has 6 heteroatoms. The number of aromatic nitrogens is 5. The Morgan fingerprint density at radius 2 is 1.92 bits per heavy atom. The van der Waals surface area contributed by atoms with E-state index < -0.39 is 0 Å². The van der Waals surface area contributed by atoms with Crippen LogP contribution in [0, 0.1) is 0 Å². The average Bonchev–Trinajstić information content (AvgIpc) is 3.17. The Hall–Kier alpha value is -2.76. The molecule has 0 saturated heterocycles. The molecule has 3 heterocycles. The minimum atomic E-state index is -0.0325. The molecule has 0 amide bonds. The van der Waals surface area contributed by atoms with E-state index in [4.69, 9.17) is 0 Å². The van der Waals surface area contributed by atoms with Gasteiger partial charge in [-0.05, 0) is 30.7 Å². The summed E-state index contributed by atoms with van der Waals surface area (Å²) in [7, 11) is 0. The van der Waals surface area contributed by atoms with Gasteiger partial charge in [-0.3, -0.25) is 14.5 Å². The number of hydrogen-bond donors (Lipinski definition) is 0. The van der Waals surface area contributed by atoms with Crippen LogP contribution in [-0.2, 0) is 6.42 Å². The lowest BCUT2D eigenvalue weighted by molar-refractivity contribution is 0.236. The lowest BCUT2D eigenvalue weighted by Gasteiger charge is -2.35. The van der Waals surface area contributed by atoms with Gasteiger partial charge in [0.15, 0.2) is 0 Å². The second kappa shape index (κ2) is 5.65. The summed E-state index contributed by atoms with van der Waals surface area (Å²) in [5.74, 6) is 1.41. The van der Waals surface area contributed by atoms with E-state index in [-0.39, 0.29) is 17.8 Å². The van der Waals surface area contributed by atoms with Crippen LogP contribution in [0.15, 0.2) is 53.7 Å². The molecule has 0 bridgehead atoms. The SMILES string of the molecule is O=c1n(C2CC(c3ccccc3)C2)nc2n1[C@H](c1cnccn1)CC2. The van der Waals surface area contributed by atoms with Crippen molar-refractivity contribution in [3.05, 3.63) is 76.5 Å². The molecular formula is C19H19N5O. The average molecular weight is 333 g/mol. The monoisotopic (exact) mass is 333 g/mol. The van der Waals surface area contributed by atoms with Crippen molar-refractivity contribution in [3.63, 3.8) is 0 Å². The highest BCUT2D eigenvalue weighted by Gasteiger charge is 2.37. The number of fused-ring (bicyclic) bond motifs is 1. The van der Waals surface area contributed by atoms with Crippen LogP contribution in [0.1, 0.15) is 54.3 Å². The van der Waals surface area contributed by atoms with Crippen molar-refractivity contribution in [2.75, 3.05) is 0 Å². The second-order valence-electron chi connectivity index (χ2n) is 6.93. The van der Waals surface area contributed by atoms with E-state index in [9.17, 15) is 4.79 Å². The molecule has 0 unspecified atom stereocenters. The summed E-state index contributed by atoms with van der Waals surface area (Å²) in [6.45, 7) is 0. The first kappa shape index (κ1) is 14.6. The fourth-order valence-corrected chi connectivity index (χ4v) is 4.10. The van der Waals surface area contributed by atoms with E-state index in [2.05, 4.69) is 39.3 Å². The van der Waals surface area contributed by atoms with E-state index in [1.807, 2.05) is 10.6 Å². The number of nitrogens with zero attached hydrogens (tertiary/aromatic N) is 5. The molecule has 1 saturated carbocycles. The summed E-state index contributed by atoms with van der Waals surface area (Å²) in [5.41, 5.74) is 2.20. The van der Waals surface area contributed by atoms with Gasteiger partial charge in [0.25, 0.3) is 0 Å². The molecule has 0 N–H and O–H groups in total. The predicted molar refractivity (Wildman–Crippen MR) is 92.4 cm³/mol. The number of aryl methyl sites for hydroxylation is 1. The lowest BCUT2D eigenvalue weighted by Crippen LogP contribution is -2.35. The summed E-state index contributed by atoms with van der Waals surface area (Å²) in [6.07, 6.45) is 8.74. The molecule has 2 aromatic heterocycles. The van der Waals surface area contributed by atoms with Gasteiger partial charge < -0.3 is 0 Å². The van der Waals surface area contributed by atoms with Crippen LogP contribution in [0.25, 0.3) is 0 Å². The zero-order chi connectivity index (χ0) is 16.8. The molecule has 1 aliphatic carbocycles. The van der Waals surface area contributed by atoms with Gasteiger partial charge in [-0.25, -0.2) is 9.48 Å². The summed E-state index contributed by atoms with van der Waals surface area (Å²) in [5, 5.41) is 4.64. The standard InChI is InChI=1S/C19H19N5O/c25-19-23-17(16-12-20-8-9-21-16)6-7-18(23)22-24(19)15-10-14(11-15)13-4-2-1-3-5-13/h1-5,8-9,12,14-15,17H,6-7,10-11H2/t14?,15?,17-/m0/s1. The highest BCUT2D eigenvalue weighted by molar-refractivity contribution is 5.22. The van der Waals surface area contributed by atoms with E-state index in [0.717, 1.165) is 37.2 Å². The maximum absolute atomic E-state index is 12.9. The fourth-order valence-electron chi connectivity index (χ4n) is 4.10. The third kappa shape index (κ3) is 2.32. The molecule has 25 heavy (non-hydrogen) atoms. The highest BCUT2D eigenvalue weighted by Crippen LogP contribution is 2.44. The van der Waals surface area contributed by atoms with Gasteiger partial charge in [-0.2, -0.15) is 5.10 Å². The topological polar surface area (TPSA) is 65.6 Å². The summed E-state index contributed by atoms with van der Waals surface area (Å²) in [6, 6.07) is 10.7. The first-order valence-corrected chi connectivity index (χ1v) is 8.82. The Kier molecular flexibility index (Phi) is 3.29. The lowest BCUT2D eigenvalue weighted by atomic mass is 9.76. The van der Waals surface area contributed by atoms with Crippen LogP contribution < -0.4 is 5.69 Å². The molecule has 126 valence electrons. The van der Waals surface area contributed by atoms with Crippen molar-refractivity contribution in [1.82, 2.24) is 24.3 Å². The molecule has 2 aliphatic rings. The summed E-state index contributed by atoms with van der Waals surface area (Å²) < 4.78 is 3.52. The summed E-state index contributed by atoms with van der Waals surface area (Å²) >= 11 is 0.